The van der Waals surface area contributed by atoms with Gasteiger partial charge in [0.05, 0.1) is 36.3 Å². The van der Waals surface area contributed by atoms with Gasteiger partial charge in [-0.1, -0.05) is 24.3 Å². The van der Waals surface area contributed by atoms with Crippen LogP contribution in [0.15, 0.2) is 78.9 Å². The van der Waals surface area contributed by atoms with Crippen molar-refractivity contribution in [1.29, 1.82) is 0 Å². The molecular weight excluding hydrogens is 450 g/mol. The van der Waals surface area contributed by atoms with E-state index in [2.05, 4.69) is 33.4 Å². The van der Waals surface area contributed by atoms with Gasteiger partial charge >= 0.3 is 0 Å². The van der Waals surface area contributed by atoms with Gasteiger partial charge in [0.2, 0.25) is 0 Å². The molecule has 3 heterocycles. The van der Waals surface area contributed by atoms with Crippen LogP contribution in [0.3, 0.4) is 0 Å². The third kappa shape index (κ3) is 3.56. The normalized spacial score (nSPS) is 11.3. The molecule has 6 rings (SSSR count). The molecule has 0 amide bonds. The van der Waals surface area contributed by atoms with Crippen LogP contribution in [0.5, 0.6) is 11.5 Å². The minimum absolute atomic E-state index is 0.720. The van der Waals surface area contributed by atoms with Gasteiger partial charge in [-0.15, -0.1) is 0 Å². The molecule has 0 bridgehead atoms. The van der Waals surface area contributed by atoms with Crippen molar-refractivity contribution in [3.05, 3.63) is 90.5 Å². The maximum atomic E-state index is 5.55. The second kappa shape index (κ2) is 8.53. The molecule has 0 unspecified atom stereocenters. The Hall–Kier alpha value is -4.65. The lowest BCUT2D eigenvalue weighted by Crippen LogP contribution is -2.06. The lowest BCUT2D eigenvalue weighted by Gasteiger charge is -2.15. The minimum atomic E-state index is 0.720. The predicted octanol–water partition coefficient (Wildman–Crippen LogP) is 6.06. The molecule has 0 radical (unpaired) electrons. The number of rotatable bonds is 5. The van der Waals surface area contributed by atoms with E-state index in [4.69, 9.17) is 24.4 Å². The van der Waals surface area contributed by atoms with Crippen LogP contribution >= 0.6 is 0 Å². The Kier molecular flexibility index (Phi) is 5.18. The summed E-state index contributed by atoms with van der Waals surface area (Å²) in [6.45, 7) is 4.00. The molecule has 0 saturated heterocycles. The van der Waals surface area contributed by atoms with Crippen LogP contribution in [0, 0.1) is 13.8 Å². The SMILES string of the molecule is COc1cc(OC)cc(-c2cc(-n3c(C)nc4ccccc43)nc(-n3c(C)nc4ccccc43)c2)c1. The highest BCUT2D eigenvalue weighted by molar-refractivity contribution is 5.81. The van der Waals surface area contributed by atoms with Gasteiger partial charge in [-0.05, 0) is 73.5 Å². The summed E-state index contributed by atoms with van der Waals surface area (Å²) in [6.07, 6.45) is 0. The van der Waals surface area contributed by atoms with Crippen molar-refractivity contribution in [3.63, 3.8) is 0 Å². The second-order valence-corrected chi connectivity index (χ2v) is 8.64. The number of imidazole rings is 2. The molecule has 36 heavy (non-hydrogen) atoms. The van der Waals surface area contributed by atoms with Crippen LogP contribution in [0.1, 0.15) is 11.6 Å². The van der Waals surface area contributed by atoms with Gasteiger partial charge in [-0.2, -0.15) is 0 Å². The third-order valence-electron chi connectivity index (χ3n) is 6.40. The lowest BCUT2D eigenvalue weighted by molar-refractivity contribution is 0.394. The molecule has 6 aromatic rings. The van der Waals surface area contributed by atoms with Crippen LogP contribution < -0.4 is 9.47 Å². The Balaban J connectivity index is 1.67. The molecule has 0 aliphatic carbocycles. The standard InChI is InChI=1S/C29H25N5O2/c1-18-30-24-9-5-7-11-26(24)33(18)28-15-21(20-13-22(35-3)17-23(14-20)36-4)16-29(32-28)34-19(2)31-25-10-6-8-12-27(25)34/h5-17H,1-4H3. The summed E-state index contributed by atoms with van der Waals surface area (Å²) in [6, 6.07) is 26.2. The summed E-state index contributed by atoms with van der Waals surface area (Å²) >= 11 is 0. The maximum absolute atomic E-state index is 5.55. The molecule has 0 saturated carbocycles. The number of ether oxygens (including phenoxy) is 2. The highest BCUT2D eigenvalue weighted by atomic mass is 16.5. The maximum Gasteiger partial charge on any atom is 0.141 e. The van der Waals surface area contributed by atoms with E-state index in [0.29, 0.717) is 0 Å². The van der Waals surface area contributed by atoms with Crippen molar-refractivity contribution in [3.8, 4) is 34.3 Å². The van der Waals surface area contributed by atoms with Crippen LogP contribution in [-0.4, -0.2) is 38.3 Å². The summed E-state index contributed by atoms with van der Waals surface area (Å²) in [4.78, 5) is 14.7. The quantitative estimate of drug-likeness (QED) is 0.303. The van der Waals surface area contributed by atoms with Crippen molar-refractivity contribution in [1.82, 2.24) is 24.1 Å². The fourth-order valence-corrected chi connectivity index (χ4v) is 4.74. The first-order valence-electron chi connectivity index (χ1n) is 11.7. The lowest BCUT2D eigenvalue weighted by atomic mass is 10.1. The highest BCUT2D eigenvalue weighted by Crippen LogP contribution is 2.33. The Morgan fingerprint density at radius 1 is 0.556 bits per heavy atom. The first-order chi connectivity index (χ1) is 17.6. The van der Waals surface area contributed by atoms with Gasteiger partial charge in [-0.3, -0.25) is 9.13 Å². The molecule has 7 heteroatoms. The molecule has 0 aliphatic rings. The first kappa shape index (κ1) is 21.9. The van der Waals surface area contributed by atoms with Crippen LogP contribution in [0.4, 0.5) is 0 Å². The second-order valence-electron chi connectivity index (χ2n) is 8.64. The number of para-hydroxylation sites is 4. The zero-order valence-electron chi connectivity index (χ0n) is 20.6. The number of methoxy groups -OCH3 is 2. The number of fused-ring (bicyclic) bond motifs is 2. The minimum Gasteiger partial charge on any atom is -0.497 e. The van der Waals surface area contributed by atoms with Crippen molar-refractivity contribution in [2.24, 2.45) is 0 Å². The smallest absolute Gasteiger partial charge is 0.141 e. The van der Waals surface area contributed by atoms with Crippen molar-refractivity contribution >= 4 is 22.1 Å². The van der Waals surface area contributed by atoms with Crippen molar-refractivity contribution in [2.75, 3.05) is 14.2 Å². The van der Waals surface area contributed by atoms with Crippen molar-refractivity contribution in [2.45, 2.75) is 13.8 Å². The van der Waals surface area contributed by atoms with Gasteiger partial charge in [0.25, 0.3) is 0 Å². The van der Waals surface area contributed by atoms with Gasteiger partial charge in [-0.25, -0.2) is 15.0 Å². The van der Waals surface area contributed by atoms with Gasteiger partial charge in [0.1, 0.15) is 34.8 Å². The number of pyridine rings is 1. The Bertz CT molecular complexity index is 1630. The van der Waals surface area contributed by atoms with Gasteiger partial charge < -0.3 is 9.47 Å². The van der Waals surface area contributed by atoms with Crippen LogP contribution in [0.2, 0.25) is 0 Å². The van der Waals surface area contributed by atoms with E-state index in [1.807, 2.05) is 68.4 Å². The third-order valence-corrected chi connectivity index (χ3v) is 6.40. The summed E-state index contributed by atoms with van der Waals surface area (Å²) in [5.74, 6) is 4.71. The topological polar surface area (TPSA) is 67.0 Å². The zero-order chi connectivity index (χ0) is 24.8. The van der Waals surface area contributed by atoms with E-state index in [1.165, 1.54) is 0 Å². The average Bonchev–Trinajstić information content (AvgIpc) is 3.42. The summed E-state index contributed by atoms with van der Waals surface area (Å²) in [7, 11) is 3.31. The largest absolute Gasteiger partial charge is 0.497 e. The monoisotopic (exact) mass is 475 g/mol. The summed E-state index contributed by atoms with van der Waals surface area (Å²) in [5, 5.41) is 0. The number of hydrogen-bond acceptors (Lipinski definition) is 5. The number of nitrogens with zero attached hydrogens (tertiary/aromatic N) is 5. The Morgan fingerprint density at radius 3 is 1.47 bits per heavy atom. The first-order valence-corrected chi connectivity index (χ1v) is 11.7. The van der Waals surface area contributed by atoms with Crippen LogP contribution in [-0.2, 0) is 0 Å². The molecule has 3 aromatic carbocycles. The average molecular weight is 476 g/mol. The molecule has 0 spiro atoms. The fraction of sp³-hybridized carbons (Fsp3) is 0.138. The molecule has 178 valence electrons. The van der Waals surface area contributed by atoms with E-state index in [0.717, 1.165) is 68.0 Å². The van der Waals surface area contributed by atoms with Crippen LogP contribution in [0.25, 0.3) is 44.8 Å². The van der Waals surface area contributed by atoms with Crippen molar-refractivity contribution < 1.29 is 9.47 Å². The molecule has 3 aromatic heterocycles. The summed E-state index contributed by atoms with van der Waals surface area (Å²) < 4.78 is 15.3. The molecular formula is C29H25N5O2. The van der Waals surface area contributed by atoms with E-state index in [-0.39, 0.29) is 0 Å². The molecule has 0 atom stereocenters. The summed E-state index contributed by atoms with van der Waals surface area (Å²) in [5.41, 5.74) is 5.79. The fourth-order valence-electron chi connectivity index (χ4n) is 4.74. The van der Waals surface area contributed by atoms with E-state index in [1.54, 1.807) is 14.2 Å². The highest BCUT2D eigenvalue weighted by Gasteiger charge is 2.17. The molecule has 0 fully saturated rings. The van der Waals surface area contributed by atoms with Gasteiger partial charge in [0.15, 0.2) is 0 Å². The Morgan fingerprint density at radius 2 is 1.00 bits per heavy atom. The number of aromatic nitrogens is 5. The Labute approximate surface area is 208 Å². The van der Waals surface area contributed by atoms with Gasteiger partial charge in [0, 0.05) is 6.07 Å². The van der Waals surface area contributed by atoms with E-state index in [9.17, 15) is 0 Å². The number of aryl methyl sites for hydroxylation is 2. The zero-order valence-corrected chi connectivity index (χ0v) is 20.6. The molecule has 0 aliphatic heterocycles. The van der Waals surface area contributed by atoms with E-state index < -0.39 is 0 Å². The van der Waals surface area contributed by atoms with E-state index >= 15 is 0 Å². The molecule has 0 N–H and O–H groups in total. The predicted molar refractivity (Wildman–Crippen MR) is 142 cm³/mol. The molecule has 7 nitrogen and oxygen atoms in total. The number of benzene rings is 3. The number of hydrogen-bond donors (Lipinski definition) is 0.